The van der Waals surface area contributed by atoms with Crippen LogP contribution in [0.1, 0.15) is 10.4 Å². The molecule has 0 spiro atoms. The lowest BCUT2D eigenvalue weighted by molar-refractivity contribution is -0.136. The summed E-state index contributed by atoms with van der Waals surface area (Å²) in [6.45, 7) is -0.300. The highest BCUT2D eigenvalue weighted by atomic mass is 79.9. The summed E-state index contributed by atoms with van der Waals surface area (Å²) in [5.41, 5.74) is 0.333. The van der Waals surface area contributed by atoms with Crippen LogP contribution in [0.25, 0.3) is 10.8 Å². The van der Waals surface area contributed by atoms with E-state index in [0.717, 1.165) is 10.8 Å². The normalized spacial score (nSPS) is 10.5. The summed E-state index contributed by atoms with van der Waals surface area (Å²) < 4.78 is 11.3. The zero-order chi connectivity index (χ0) is 17.8. The Morgan fingerprint density at radius 2 is 1.84 bits per heavy atom. The van der Waals surface area contributed by atoms with Crippen LogP contribution in [0.4, 0.5) is 0 Å². The van der Waals surface area contributed by atoms with Gasteiger partial charge in [-0.25, -0.2) is 4.79 Å². The first kappa shape index (κ1) is 17.5. The van der Waals surface area contributed by atoms with E-state index in [-0.39, 0.29) is 12.4 Å². The minimum atomic E-state index is -0.611. The molecule has 3 aromatic carbocycles. The minimum Gasteiger partial charge on any atom is -0.481 e. The zero-order valence-corrected chi connectivity index (χ0v) is 15.2. The lowest BCUT2D eigenvalue weighted by atomic mass is 10.0. The van der Waals surface area contributed by atoms with Gasteiger partial charge in [0.15, 0.2) is 12.9 Å². The molecule has 0 bridgehead atoms. The SMILES string of the molecule is O=Cc1c(OC(=O)COc2ccc(Cl)cc2Br)ccc2ccccc12. The Labute approximate surface area is 157 Å². The average Bonchev–Trinajstić information content (AvgIpc) is 2.61. The van der Waals surface area contributed by atoms with Crippen LogP contribution in [0.2, 0.25) is 5.02 Å². The van der Waals surface area contributed by atoms with Crippen LogP contribution in [0.5, 0.6) is 11.5 Å². The molecule has 0 saturated heterocycles. The number of hydrogen-bond acceptors (Lipinski definition) is 4. The van der Waals surface area contributed by atoms with Crippen LogP contribution in [-0.2, 0) is 4.79 Å². The fraction of sp³-hybridized carbons (Fsp3) is 0.0526. The number of carbonyl (C=O) groups excluding carboxylic acids is 2. The van der Waals surface area contributed by atoms with Gasteiger partial charge in [0, 0.05) is 5.02 Å². The molecule has 0 aliphatic carbocycles. The summed E-state index contributed by atoms with van der Waals surface area (Å²) in [6.07, 6.45) is 0.682. The maximum atomic E-state index is 12.1. The summed E-state index contributed by atoms with van der Waals surface area (Å²) in [5, 5.41) is 2.17. The highest BCUT2D eigenvalue weighted by Crippen LogP contribution is 2.29. The smallest absolute Gasteiger partial charge is 0.349 e. The Kier molecular flexibility index (Phi) is 5.36. The van der Waals surface area contributed by atoms with E-state index in [0.29, 0.717) is 27.1 Å². The number of halogens is 2. The Hall–Kier alpha value is -2.37. The first-order valence-electron chi connectivity index (χ1n) is 7.34. The van der Waals surface area contributed by atoms with E-state index in [1.807, 2.05) is 18.2 Å². The fourth-order valence-electron chi connectivity index (χ4n) is 2.37. The second kappa shape index (κ2) is 7.68. The topological polar surface area (TPSA) is 52.6 Å². The molecule has 0 N–H and O–H groups in total. The van der Waals surface area contributed by atoms with Gasteiger partial charge < -0.3 is 9.47 Å². The number of benzene rings is 3. The van der Waals surface area contributed by atoms with Crippen molar-refractivity contribution in [1.29, 1.82) is 0 Å². The van der Waals surface area contributed by atoms with Gasteiger partial charge in [-0.15, -0.1) is 0 Å². The lowest BCUT2D eigenvalue weighted by Crippen LogP contribution is -2.18. The van der Waals surface area contributed by atoms with Crippen LogP contribution in [0.3, 0.4) is 0 Å². The summed E-state index contributed by atoms with van der Waals surface area (Å²) in [5.74, 6) is 0.0631. The zero-order valence-electron chi connectivity index (χ0n) is 12.9. The molecule has 0 aliphatic heterocycles. The van der Waals surface area contributed by atoms with Crippen LogP contribution in [0, 0.1) is 0 Å². The van der Waals surface area contributed by atoms with Crippen molar-refractivity contribution < 1.29 is 19.1 Å². The highest BCUT2D eigenvalue weighted by Gasteiger charge is 2.13. The van der Waals surface area contributed by atoms with Gasteiger partial charge in [0.25, 0.3) is 0 Å². The van der Waals surface area contributed by atoms with Gasteiger partial charge in [-0.2, -0.15) is 0 Å². The third-order valence-corrected chi connectivity index (χ3v) is 4.37. The molecular formula is C19H12BrClO4. The van der Waals surface area contributed by atoms with E-state index in [9.17, 15) is 9.59 Å². The maximum absolute atomic E-state index is 12.1. The molecule has 0 unspecified atom stereocenters. The van der Waals surface area contributed by atoms with E-state index < -0.39 is 5.97 Å². The molecule has 0 saturated carbocycles. The average molecular weight is 420 g/mol. The predicted molar refractivity (Wildman–Crippen MR) is 99.6 cm³/mol. The largest absolute Gasteiger partial charge is 0.481 e. The van der Waals surface area contributed by atoms with Gasteiger partial charge in [0.1, 0.15) is 11.5 Å². The molecule has 0 heterocycles. The molecule has 0 atom stereocenters. The molecule has 3 aromatic rings. The van der Waals surface area contributed by atoms with Crippen LogP contribution < -0.4 is 9.47 Å². The highest BCUT2D eigenvalue weighted by molar-refractivity contribution is 9.10. The van der Waals surface area contributed by atoms with E-state index in [1.54, 1.807) is 36.4 Å². The number of hydrogen-bond donors (Lipinski definition) is 0. The third kappa shape index (κ3) is 4.00. The van der Waals surface area contributed by atoms with Crippen molar-refractivity contribution in [1.82, 2.24) is 0 Å². The summed E-state index contributed by atoms with van der Waals surface area (Å²) in [7, 11) is 0. The molecule has 0 aromatic heterocycles. The number of ether oxygens (including phenoxy) is 2. The first-order chi connectivity index (χ1) is 12.1. The van der Waals surface area contributed by atoms with Crippen molar-refractivity contribution in [2.75, 3.05) is 6.61 Å². The maximum Gasteiger partial charge on any atom is 0.349 e. The first-order valence-corrected chi connectivity index (χ1v) is 8.51. The van der Waals surface area contributed by atoms with Gasteiger partial charge in [0.2, 0.25) is 0 Å². The van der Waals surface area contributed by atoms with Crippen LogP contribution in [0.15, 0.2) is 59.1 Å². The fourth-order valence-corrected chi connectivity index (χ4v) is 3.16. The van der Waals surface area contributed by atoms with Crippen molar-refractivity contribution in [3.63, 3.8) is 0 Å². The van der Waals surface area contributed by atoms with Crippen molar-refractivity contribution >= 4 is 50.6 Å². The van der Waals surface area contributed by atoms with Crippen molar-refractivity contribution in [2.45, 2.75) is 0 Å². The molecule has 3 rings (SSSR count). The Balaban J connectivity index is 1.74. The number of esters is 1. The van der Waals surface area contributed by atoms with Crippen LogP contribution in [-0.4, -0.2) is 18.9 Å². The van der Waals surface area contributed by atoms with Gasteiger partial charge in [0.05, 0.1) is 10.0 Å². The summed E-state index contributed by atoms with van der Waals surface area (Å²) >= 11 is 9.16. The Bertz CT molecular complexity index is 955. The van der Waals surface area contributed by atoms with Crippen molar-refractivity contribution in [3.05, 3.63) is 69.7 Å². The Morgan fingerprint density at radius 3 is 2.60 bits per heavy atom. The van der Waals surface area contributed by atoms with Gasteiger partial charge in [-0.3, -0.25) is 4.79 Å². The number of rotatable bonds is 5. The van der Waals surface area contributed by atoms with Gasteiger partial charge >= 0.3 is 5.97 Å². The molecule has 6 heteroatoms. The summed E-state index contributed by atoms with van der Waals surface area (Å²) in [4.78, 5) is 23.5. The Morgan fingerprint density at radius 1 is 1.08 bits per heavy atom. The molecule has 0 aliphatic rings. The molecule has 0 fully saturated rings. The third-order valence-electron chi connectivity index (χ3n) is 3.51. The quantitative estimate of drug-likeness (QED) is 0.330. The lowest BCUT2D eigenvalue weighted by Gasteiger charge is -2.11. The summed E-state index contributed by atoms with van der Waals surface area (Å²) in [6, 6.07) is 15.7. The molecule has 0 amide bonds. The molecule has 4 nitrogen and oxygen atoms in total. The number of fused-ring (bicyclic) bond motifs is 1. The molecule has 126 valence electrons. The van der Waals surface area contributed by atoms with Gasteiger partial charge in [-0.1, -0.05) is 41.9 Å². The second-order valence-corrected chi connectivity index (χ2v) is 6.44. The number of aldehydes is 1. The van der Waals surface area contributed by atoms with Crippen LogP contribution >= 0.6 is 27.5 Å². The number of carbonyl (C=O) groups is 2. The van der Waals surface area contributed by atoms with E-state index in [2.05, 4.69) is 15.9 Å². The van der Waals surface area contributed by atoms with E-state index in [4.69, 9.17) is 21.1 Å². The monoisotopic (exact) mass is 418 g/mol. The van der Waals surface area contributed by atoms with Gasteiger partial charge in [-0.05, 0) is 51.0 Å². The predicted octanol–water partition coefficient (Wildman–Crippen LogP) is 5.05. The van der Waals surface area contributed by atoms with E-state index >= 15 is 0 Å². The van der Waals surface area contributed by atoms with Crippen molar-refractivity contribution in [3.8, 4) is 11.5 Å². The minimum absolute atomic E-state index is 0.206. The molecule has 0 radical (unpaired) electrons. The molecule has 25 heavy (non-hydrogen) atoms. The second-order valence-electron chi connectivity index (χ2n) is 5.15. The molecular weight excluding hydrogens is 408 g/mol. The van der Waals surface area contributed by atoms with E-state index in [1.165, 1.54) is 0 Å². The standard InChI is InChI=1S/C19H12BrClO4/c20-16-9-13(21)6-8-18(16)24-11-19(23)25-17-7-5-12-3-1-2-4-14(12)15(17)10-22/h1-10H,11H2. The van der Waals surface area contributed by atoms with Crippen molar-refractivity contribution in [2.24, 2.45) is 0 Å².